The smallest absolute Gasteiger partial charge is 0.407 e. The van der Waals surface area contributed by atoms with Crippen LogP contribution in [0.2, 0.25) is 0 Å². The molecule has 2 aromatic carbocycles. The summed E-state index contributed by atoms with van der Waals surface area (Å²) in [6, 6.07) is 15.8. The molecular formula is C25H30N2O6. The van der Waals surface area contributed by atoms with Crippen LogP contribution in [0.25, 0.3) is 11.1 Å². The summed E-state index contributed by atoms with van der Waals surface area (Å²) in [6.07, 6.45) is 1.73. The van der Waals surface area contributed by atoms with Gasteiger partial charge in [0, 0.05) is 25.4 Å². The van der Waals surface area contributed by atoms with Gasteiger partial charge < -0.3 is 15.2 Å². The third-order valence-corrected chi connectivity index (χ3v) is 5.73. The van der Waals surface area contributed by atoms with Gasteiger partial charge in [-0.1, -0.05) is 68.3 Å². The minimum Gasteiger partial charge on any atom is -0.479 e. The number of nitrogens with one attached hydrogen (secondary N) is 1. The Hall–Kier alpha value is -3.39. The number of ether oxygens (including phenoxy) is 1. The van der Waals surface area contributed by atoms with Gasteiger partial charge in [0.15, 0.2) is 6.61 Å². The molecule has 2 aromatic rings. The maximum Gasteiger partial charge on any atom is 0.407 e. The first-order chi connectivity index (χ1) is 15.9. The Labute approximate surface area is 193 Å². The van der Waals surface area contributed by atoms with Crippen molar-refractivity contribution in [3.8, 4) is 11.1 Å². The molecule has 33 heavy (non-hydrogen) atoms. The molecule has 0 saturated heterocycles. The number of alkyl carbamates (subject to hydrolysis) is 1. The summed E-state index contributed by atoms with van der Waals surface area (Å²) in [6.45, 7) is 1.60. The number of carboxylic acid groups (broad SMARTS) is 1. The van der Waals surface area contributed by atoms with Crippen molar-refractivity contribution in [3.63, 3.8) is 0 Å². The first kappa shape index (κ1) is 24.3. The van der Waals surface area contributed by atoms with Crippen molar-refractivity contribution in [3.05, 3.63) is 59.7 Å². The molecule has 0 bridgehead atoms. The molecule has 1 aliphatic carbocycles. The van der Waals surface area contributed by atoms with Crippen molar-refractivity contribution in [1.82, 2.24) is 10.4 Å². The third-order valence-electron chi connectivity index (χ3n) is 5.73. The standard InChI is InChI=1S/C25H30N2O6/c1-3-4-9-17(14-23(28)27(2)33-16-24(29)30)26-25(31)32-15-22-20-12-7-5-10-18(20)19-11-6-8-13-21(19)22/h5-8,10-13,17,22H,3-4,9,14-16H2,1-2H3,(H,26,31)(H,29,30)/t17-/m1/s1. The van der Waals surface area contributed by atoms with Crippen LogP contribution in [0.1, 0.15) is 49.7 Å². The molecule has 1 aliphatic rings. The van der Waals surface area contributed by atoms with Crippen LogP contribution in [0.15, 0.2) is 48.5 Å². The van der Waals surface area contributed by atoms with Gasteiger partial charge in [0.2, 0.25) is 5.91 Å². The molecule has 2 N–H and O–H groups in total. The van der Waals surface area contributed by atoms with E-state index >= 15 is 0 Å². The van der Waals surface area contributed by atoms with E-state index in [0.717, 1.165) is 40.2 Å². The minimum absolute atomic E-state index is 0.0136. The van der Waals surface area contributed by atoms with E-state index in [4.69, 9.17) is 14.7 Å². The van der Waals surface area contributed by atoms with E-state index in [9.17, 15) is 14.4 Å². The second-order valence-corrected chi connectivity index (χ2v) is 8.07. The maximum absolute atomic E-state index is 12.6. The average molecular weight is 455 g/mol. The number of unbranched alkanes of at least 4 members (excludes halogenated alkanes) is 1. The summed E-state index contributed by atoms with van der Waals surface area (Å²) in [5.74, 6) is -1.64. The second-order valence-electron chi connectivity index (χ2n) is 8.07. The number of carbonyl (C=O) groups excluding carboxylic acids is 2. The van der Waals surface area contributed by atoms with Gasteiger partial charge in [-0.3, -0.25) is 9.63 Å². The lowest BCUT2D eigenvalue weighted by Gasteiger charge is -2.22. The summed E-state index contributed by atoms with van der Waals surface area (Å²) < 4.78 is 5.59. The second kappa shape index (κ2) is 11.5. The van der Waals surface area contributed by atoms with Crippen LogP contribution in [0.3, 0.4) is 0 Å². The molecule has 0 heterocycles. The lowest BCUT2D eigenvalue weighted by atomic mass is 9.98. The molecule has 176 valence electrons. The number of hydroxylamine groups is 2. The molecule has 0 saturated carbocycles. The quantitative estimate of drug-likeness (QED) is 0.498. The fourth-order valence-corrected chi connectivity index (χ4v) is 4.05. The number of rotatable bonds is 11. The molecule has 0 radical (unpaired) electrons. The number of carboxylic acids is 1. The number of nitrogens with zero attached hydrogens (tertiary/aromatic N) is 1. The first-order valence-electron chi connectivity index (χ1n) is 11.1. The molecule has 0 aliphatic heterocycles. The predicted molar refractivity (Wildman–Crippen MR) is 122 cm³/mol. The number of aliphatic carboxylic acids is 1. The fourth-order valence-electron chi connectivity index (χ4n) is 4.05. The molecule has 0 spiro atoms. The van der Waals surface area contributed by atoms with E-state index in [2.05, 4.69) is 29.6 Å². The van der Waals surface area contributed by atoms with Crippen LogP contribution in [-0.2, 0) is 19.2 Å². The fraction of sp³-hybridized carbons (Fsp3) is 0.400. The number of amides is 2. The highest BCUT2D eigenvalue weighted by Gasteiger charge is 2.29. The molecular weight excluding hydrogens is 424 g/mol. The van der Waals surface area contributed by atoms with Crippen molar-refractivity contribution < 1.29 is 29.1 Å². The molecule has 2 amide bonds. The average Bonchev–Trinajstić information content (AvgIpc) is 3.13. The number of hydrogen-bond acceptors (Lipinski definition) is 5. The Kier molecular flexibility index (Phi) is 8.43. The Bertz CT molecular complexity index is 947. The largest absolute Gasteiger partial charge is 0.479 e. The summed E-state index contributed by atoms with van der Waals surface area (Å²) in [7, 11) is 1.36. The van der Waals surface area contributed by atoms with Crippen molar-refractivity contribution >= 4 is 18.0 Å². The number of benzene rings is 2. The predicted octanol–water partition coefficient (Wildman–Crippen LogP) is 3.95. The van der Waals surface area contributed by atoms with Gasteiger partial charge in [0.25, 0.3) is 0 Å². The number of carbonyl (C=O) groups is 3. The van der Waals surface area contributed by atoms with Gasteiger partial charge in [-0.15, -0.1) is 0 Å². The minimum atomic E-state index is -1.17. The first-order valence-corrected chi connectivity index (χ1v) is 11.1. The van der Waals surface area contributed by atoms with E-state index in [0.29, 0.717) is 6.42 Å². The van der Waals surface area contributed by atoms with E-state index in [1.807, 2.05) is 31.2 Å². The van der Waals surface area contributed by atoms with Gasteiger partial charge >= 0.3 is 12.1 Å². The highest BCUT2D eigenvalue weighted by molar-refractivity contribution is 5.79. The van der Waals surface area contributed by atoms with Gasteiger partial charge in [0.1, 0.15) is 6.61 Å². The van der Waals surface area contributed by atoms with Crippen molar-refractivity contribution in [2.75, 3.05) is 20.3 Å². The molecule has 3 rings (SSSR count). The van der Waals surface area contributed by atoms with Crippen LogP contribution in [-0.4, -0.2) is 54.4 Å². The van der Waals surface area contributed by atoms with E-state index in [1.54, 1.807) is 0 Å². The van der Waals surface area contributed by atoms with Crippen LogP contribution < -0.4 is 5.32 Å². The monoisotopic (exact) mass is 454 g/mol. The zero-order valence-corrected chi connectivity index (χ0v) is 19.0. The molecule has 1 atom stereocenters. The van der Waals surface area contributed by atoms with Crippen LogP contribution in [0, 0.1) is 0 Å². The number of fused-ring (bicyclic) bond motifs is 3. The van der Waals surface area contributed by atoms with Crippen LogP contribution >= 0.6 is 0 Å². The molecule has 8 nitrogen and oxygen atoms in total. The number of hydrogen-bond donors (Lipinski definition) is 2. The zero-order chi connectivity index (χ0) is 23.8. The van der Waals surface area contributed by atoms with Crippen molar-refractivity contribution in [2.45, 2.75) is 44.6 Å². The van der Waals surface area contributed by atoms with Gasteiger partial charge in [-0.05, 0) is 28.7 Å². The molecule has 0 unspecified atom stereocenters. The van der Waals surface area contributed by atoms with Gasteiger partial charge in [-0.2, -0.15) is 0 Å². The van der Waals surface area contributed by atoms with Gasteiger partial charge in [0.05, 0.1) is 0 Å². The van der Waals surface area contributed by atoms with E-state index in [1.165, 1.54) is 7.05 Å². The third kappa shape index (κ3) is 6.32. The lowest BCUT2D eigenvalue weighted by Crippen LogP contribution is -2.40. The summed E-state index contributed by atoms with van der Waals surface area (Å²) in [5, 5.41) is 12.4. The normalized spacial score (nSPS) is 13.0. The molecule has 0 fully saturated rings. The van der Waals surface area contributed by atoms with E-state index in [-0.39, 0.29) is 18.9 Å². The lowest BCUT2D eigenvalue weighted by molar-refractivity contribution is -0.186. The Morgan fingerprint density at radius 2 is 1.67 bits per heavy atom. The zero-order valence-electron chi connectivity index (χ0n) is 19.0. The summed E-state index contributed by atoms with van der Waals surface area (Å²) in [4.78, 5) is 40.5. The van der Waals surface area contributed by atoms with Gasteiger partial charge in [-0.25, -0.2) is 14.7 Å². The SMILES string of the molecule is CCCC[C@H](CC(=O)N(C)OCC(=O)O)NC(=O)OCC1c2ccccc2-c2ccccc21. The van der Waals surface area contributed by atoms with Crippen LogP contribution in [0.4, 0.5) is 4.79 Å². The van der Waals surface area contributed by atoms with Crippen LogP contribution in [0.5, 0.6) is 0 Å². The highest BCUT2D eigenvalue weighted by atomic mass is 16.7. The van der Waals surface area contributed by atoms with Crippen molar-refractivity contribution in [1.29, 1.82) is 0 Å². The topological polar surface area (TPSA) is 105 Å². The van der Waals surface area contributed by atoms with Crippen molar-refractivity contribution in [2.24, 2.45) is 0 Å². The Balaban J connectivity index is 1.59. The Morgan fingerprint density at radius 1 is 1.06 bits per heavy atom. The maximum atomic E-state index is 12.6. The summed E-state index contributed by atoms with van der Waals surface area (Å²) in [5.41, 5.74) is 4.55. The molecule has 0 aromatic heterocycles. The summed E-state index contributed by atoms with van der Waals surface area (Å²) >= 11 is 0. The Morgan fingerprint density at radius 3 is 2.24 bits per heavy atom. The van der Waals surface area contributed by atoms with E-state index < -0.39 is 30.6 Å². The molecule has 8 heteroatoms. The highest BCUT2D eigenvalue weighted by Crippen LogP contribution is 2.44.